The standard InChI is InChI=1S/C19H17ClN4O2S/c20-15-7-3-1-5-13(15)18-22-23-19(27-18)21-17(25)14-6-2-4-8-16(14)24-9-11-26-12-10-24/h1-8H,9-12H2,(H,21,23,25). The van der Waals surface area contributed by atoms with Crippen LogP contribution >= 0.6 is 22.9 Å². The number of carbonyl (C=O) groups excluding carboxylic acids is 1. The van der Waals surface area contributed by atoms with E-state index >= 15 is 0 Å². The molecule has 6 nitrogen and oxygen atoms in total. The van der Waals surface area contributed by atoms with E-state index in [1.807, 2.05) is 42.5 Å². The molecule has 1 aliphatic rings. The summed E-state index contributed by atoms with van der Waals surface area (Å²) in [6, 6.07) is 15.0. The van der Waals surface area contributed by atoms with Gasteiger partial charge in [-0.2, -0.15) is 0 Å². The predicted octanol–water partition coefficient (Wildman–Crippen LogP) is 3.95. The van der Waals surface area contributed by atoms with E-state index in [4.69, 9.17) is 16.3 Å². The van der Waals surface area contributed by atoms with Crippen molar-refractivity contribution in [3.8, 4) is 10.6 Å². The number of nitrogens with zero attached hydrogens (tertiary/aromatic N) is 3. The van der Waals surface area contributed by atoms with Gasteiger partial charge in [0.05, 0.1) is 23.8 Å². The first-order valence-corrected chi connectivity index (χ1v) is 9.73. The highest BCUT2D eigenvalue weighted by Gasteiger charge is 2.19. The van der Waals surface area contributed by atoms with Crippen molar-refractivity contribution >= 4 is 39.7 Å². The van der Waals surface area contributed by atoms with Crippen LogP contribution in [0.4, 0.5) is 10.8 Å². The van der Waals surface area contributed by atoms with E-state index in [9.17, 15) is 4.79 Å². The second kappa shape index (κ2) is 8.04. The Morgan fingerprint density at radius 3 is 2.63 bits per heavy atom. The molecule has 3 aromatic rings. The summed E-state index contributed by atoms with van der Waals surface area (Å²) in [6.45, 7) is 2.85. The molecule has 0 bridgehead atoms. The first kappa shape index (κ1) is 17.9. The van der Waals surface area contributed by atoms with Gasteiger partial charge in [-0.1, -0.05) is 53.3 Å². The molecule has 1 amide bonds. The van der Waals surface area contributed by atoms with Crippen LogP contribution < -0.4 is 10.2 Å². The van der Waals surface area contributed by atoms with Crippen molar-refractivity contribution in [2.75, 3.05) is 36.5 Å². The summed E-state index contributed by atoms with van der Waals surface area (Å²) in [5.41, 5.74) is 2.30. The molecule has 2 aromatic carbocycles. The van der Waals surface area contributed by atoms with Gasteiger partial charge in [-0.25, -0.2) is 0 Å². The zero-order chi connectivity index (χ0) is 18.6. The molecule has 1 saturated heterocycles. The lowest BCUT2D eigenvalue weighted by atomic mass is 10.1. The topological polar surface area (TPSA) is 67.4 Å². The molecular formula is C19H17ClN4O2S. The number of anilines is 2. The van der Waals surface area contributed by atoms with Crippen molar-refractivity contribution in [2.24, 2.45) is 0 Å². The van der Waals surface area contributed by atoms with Crippen LogP contribution in [0.25, 0.3) is 10.6 Å². The smallest absolute Gasteiger partial charge is 0.259 e. The van der Waals surface area contributed by atoms with Crippen LogP contribution in [-0.2, 0) is 4.74 Å². The summed E-state index contributed by atoms with van der Waals surface area (Å²) >= 11 is 7.50. The SMILES string of the molecule is O=C(Nc1nnc(-c2ccccc2Cl)s1)c1ccccc1N1CCOCC1. The van der Waals surface area contributed by atoms with Crippen LogP contribution in [0.1, 0.15) is 10.4 Å². The number of hydrogen-bond donors (Lipinski definition) is 1. The third-order valence-corrected chi connectivity index (χ3v) is 5.45. The number of morpholine rings is 1. The van der Waals surface area contributed by atoms with Gasteiger partial charge in [0.25, 0.3) is 5.91 Å². The summed E-state index contributed by atoms with van der Waals surface area (Å²) in [5, 5.41) is 12.8. The number of halogens is 1. The van der Waals surface area contributed by atoms with E-state index in [1.54, 1.807) is 6.07 Å². The van der Waals surface area contributed by atoms with Crippen LogP contribution in [0.5, 0.6) is 0 Å². The molecular weight excluding hydrogens is 384 g/mol. The minimum atomic E-state index is -0.209. The third kappa shape index (κ3) is 3.95. The monoisotopic (exact) mass is 400 g/mol. The van der Waals surface area contributed by atoms with E-state index in [-0.39, 0.29) is 5.91 Å². The quantitative estimate of drug-likeness (QED) is 0.718. The summed E-state index contributed by atoms with van der Waals surface area (Å²) in [5.74, 6) is -0.209. The van der Waals surface area contributed by atoms with Gasteiger partial charge in [0.15, 0.2) is 5.01 Å². The largest absolute Gasteiger partial charge is 0.378 e. The molecule has 8 heteroatoms. The lowest BCUT2D eigenvalue weighted by Gasteiger charge is -2.30. The molecule has 0 aliphatic carbocycles. The molecule has 1 aliphatic heterocycles. The highest BCUT2D eigenvalue weighted by atomic mass is 35.5. The zero-order valence-corrected chi connectivity index (χ0v) is 16.0. The minimum absolute atomic E-state index is 0.209. The Labute approximate surface area is 165 Å². The van der Waals surface area contributed by atoms with E-state index in [0.29, 0.717) is 33.9 Å². The Morgan fingerprint density at radius 1 is 1.07 bits per heavy atom. The van der Waals surface area contributed by atoms with Crippen LogP contribution in [0.3, 0.4) is 0 Å². The number of hydrogen-bond acceptors (Lipinski definition) is 6. The Morgan fingerprint density at radius 2 is 1.81 bits per heavy atom. The number of nitrogens with one attached hydrogen (secondary N) is 1. The Hall–Kier alpha value is -2.48. The molecule has 1 N–H and O–H groups in total. The van der Waals surface area contributed by atoms with Gasteiger partial charge < -0.3 is 9.64 Å². The molecule has 0 unspecified atom stereocenters. The maximum Gasteiger partial charge on any atom is 0.259 e. The van der Waals surface area contributed by atoms with Crippen LogP contribution in [0.2, 0.25) is 5.02 Å². The number of carbonyl (C=O) groups is 1. The molecule has 0 saturated carbocycles. The van der Waals surface area contributed by atoms with Gasteiger partial charge in [-0.15, -0.1) is 10.2 Å². The highest BCUT2D eigenvalue weighted by Crippen LogP contribution is 2.32. The lowest BCUT2D eigenvalue weighted by Crippen LogP contribution is -2.37. The van der Waals surface area contributed by atoms with Crippen LogP contribution in [-0.4, -0.2) is 42.4 Å². The molecule has 0 radical (unpaired) electrons. The lowest BCUT2D eigenvalue weighted by molar-refractivity contribution is 0.102. The van der Waals surface area contributed by atoms with Gasteiger partial charge in [0.2, 0.25) is 5.13 Å². The van der Waals surface area contributed by atoms with Crippen LogP contribution in [0.15, 0.2) is 48.5 Å². The number of benzene rings is 2. The van der Waals surface area contributed by atoms with E-state index in [0.717, 1.165) is 24.3 Å². The van der Waals surface area contributed by atoms with E-state index in [2.05, 4.69) is 20.4 Å². The molecule has 1 fully saturated rings. The van der Waals surface area contributed by atoms with Crippen LogP contribution in [0, 0.1) is 0 Å². The fourth-order valence-corrected chi connectivity index (χ4v) is 3.99. The summed E-state index contributed by atoms with van der Waals surface area (Å²) in [4.78, 5) is 15.0. The van der Waals surface area contributed by atoms with Gasteiger partial charge >= 0.3 is 0 Å². The van der Waals surface area contributed by atoms with Crippen molar-refractivity contribution in [2.45, 2.75) is 0 Å². The van der Waals surface area contributed by atoms with Gasteiger partial charge in [0, 0.05) is 24.3 Å². The Kier molecular flexibility index (Phi) is 5.33. The number of amides is 1. The number of ether oxygens (including phenoxy) is 1. The molecule has 2 heterocycles. The van der Waals surface area contributed by atoms with Gasteiger partial charge in [0.1, 0.15) is 0 Å². The van der Waals surface area contributed by atoms with Gasteiger partial charge in [-0.3, -0.25) is 10.1 Å². The van der Waals surface area contributed by atoms with Crippen molar-refractivity contribution < 1.29 is 9.53 Å². The average Bonchev–Trinajstić information content (AvgIpc) is 3.17. The minimum Gasteiger partial charge on any atom is -0.378 e. The summed E-state index contributed by atoms with van der Waals surface area (Å²) in [6.07, 6.45) is 0. The molecule has 0 atom stereocenters. The highest BCUT2D eigenvalue weighted by molar-refractivity contribution is 7.18. The number of aromatic nitrogens is 2. The second-order valence-electron chi connectivity index (χ2n) is 5.96. The number of rotatable bonds is 4. The molecule has 1 aromatic heterocycles. The van der Waals surface area contributed by atoms with E-state index < -0.39 is 0 Å². The molecule has 0 spiro atoms. The van der Waals surface area contributed by atoms with E-state index in [1.165, 1.54) is 11.3 Å². The fraction of sp³-hybridized carbons (Fsp3) is 0.211. The normalized spacial score (nSPS) is 14.2. The fourth-order valence-electron chi connectivity index (χ4n) is 2.93. The first-order valence-electron chi connectivity index (χ1n) is 8.54. The van der Waals surface area contributed by atoms with Crippen molar-refractivity contribution in [1.82, 2.24) is 10.2 Å². The summed E-state index contributed by atoms with van der Waals surface area (Å²) in [7, 11) is 0. The molecule has 4 rings (SSSR count). The molecule has 138 valence electrons. The Bertz CT molecular complexity index is 956. The zero-order valence-electron chi connectivity index (χ0n) is 14.4. The Balaban J connectivity index is 1.54. The third-order valence-electron chi connectivity index (χ3n) is 4.25. The maximum atomic E-state index is 12.8. The number of para-hydroxylation sites is 1. The second-order valence-corrected chi connectivity index (χ2v) is 7.35. The maximum absolute atomic E-state index is 12.8. The average molecular weight is 401 g/mol. The van der Waals surface area contributed by atoms with Crippen molar-refractivity contribution in [3.63, 3.8) is 0 Å². The first-order chi connectivity index (χ1) is 13.2. The molecule has 27 heavy (non-hydrogen) atoms. The van der Waals surface area contributed by atoms with Gasteiger partial charge in [-0.05, 0) is 18.2 Å². The summed E-state index contributed by atoms with van der Waals surface area (Å²) < 4.78 is 5.40. The predicted molar refractivity (Wildman–Crippen MR) is 108 cm³/mol. The van der Waals surface area contributed by atoms with Crippen molar-refractivity contribution in [3.05, 3.63) is 59.1 Å². The van der Waals surface area contributed by atoms with Crippen molar-refractivity contribution in [1.29, 1.82) is 0 Å².